The molecule has 0 spiro atoms. The van der Waals surface area contributed by atoms with Crippen LogP contribution in [0.5, 0.6) is 5.75 Å². The summed E-state index contributed by atoms with van der Waals surface area (Å²) in [6, 6.07) is 7.28. The second kappa shape index (κ2) is 6.08. The Kier molecular flexibility index (Phi) is 4.22. The van der Waals surface area contributed by atoms with Gasteiger partial charge in [0.1, 0.15) is 11.4 Å². The number of amides is 1. The number of aryl methyl sites for hydroxylation is 1. The molecule has 2 rings (SSSR count). The molecular formula is C14H15N3O4. The molecule has 1 aromatic carbocycles. The molecule has 0 saturated carbocycles. The smallest absolute Gasteiger partial charge is 0.325 e. The Morgan fingerprint density at radius 3 is 2.76 bits per heavy atom. The van der Waals surface area contributed by atoms with Crippen molar-refractivity contribution >= 4 is 11.6 Å². The quantitative estimate of drug-likeness (QED) is 0.773. The van der Waals surface area contributed by atoms with Crippen LogP contribution in [-0.2, 0) is 4.79 Å². The van der Waals surface area contributed by atoms with Gasteiger partial charge in [-0.2, -0.15) is 0 Å². The molecule has 7 nitrogen and oxygen atoms in total. The molecule has 1 atom stereocenters. The Morgan fingerprint density at radius 2 is 2.10 bits per heavy atom. The van der Waals surface area contributed by atoms with E-state index >= 15 is 0 Å². The first-order chi connectivity index (χ1) is 9.95. The summed E-state index contributed by atoms with van der Waals surface area (Å²) in [5, 5.41) is 2.39. The van der Waals surface area contributed by atoms with E-state index in [1.165, 1.54) is 0 Å². The van der Waals surface area contributed by atoms with Gasteiger partial charge in [0.25, 0.3) is 11.5 Å². The number of carbonyl (C=O) groups is 1. The Bertz CT molecular complexity index is 763. The zero-order chi connectivity index (χ0) is 15.4. The van der Waals surface area contributed by atoms with Crippen LogP contribution in [0.3, 0.4) is 0 Å². The third kappa shape index (κ3) is 3.82. The van der Waals surface area contributed by atoms with Crippen molar-refractivity contribution in [3.8, 4) is 5.75 Å². The fraction of sp³-hybridized carbons (Fsp3) is 0.214. The molecule has 21 heavy (non-hydrogen) atoms. The molecule has 0 fully saturated rings. The highest BCUT2D eigenvalue weighted by Crippen LogP contribution is 2.14. The average Bonchev–Trinajstić information content (AvgIpc) is 2.41. The fourth-order valence-corrected chi connectivity index (χ4v) is 1.68. The second-order valence-corrected chi connectivity index (χ2v) is 4.55. The van der Waals surface area contributed by atoms with Gasteiger partial charge in [0, 0.05) is 6.20 Å². The lowest BCUT2D eigenvalue weighted by Crippen LogP contribution is -2.33. The Hall–Kier alpha value is -2.83. The monoisotopic (exact) mass is 289 g/mol. The first-order valence-electron chi connectivity index (χ1n) is 6.32. The van der Waals surface area contributed by atoms with Crippen molar-refractivity contribution in [1.82, 2.24) is 9.97 Å². The number of hydrogen-bond donors (Lipinski definition) is 3. The van der Waals surface area contributed by atoms with Gasteiger partial charge in [-0.1, -0.05) is 12.1 Å². The van der Waals surface area contributed by atoms with Crippen molar-refractivity contribution in [2.45, 2.75) is 20.0 Å². The van der Waals surface area contributed by atoms with Gasteiger partial charge in [0.05, 0.1) is 0 Å². The largest absolute Gasteiger partial charge is 0.481 e. The van der Waals surface area contributed by atoms with E-state index in [1.807, 2.05) is 24.0 Å². The molecule has 0 aliphatic carbocycles. The highest BCUT2D eigenvalue weighted by Gasteiger charge is 2.16. The minimum absolute atomic E-state index is 0.0423. The van der Waals surface area contributed by atoms with E-state index < -0.39 is 23.3 Å². The summed E-state index contributed by atoms with van der Waals surface area (Å²) in [4.78, 5) is 38.6. The third-order valence-electron chi connectivity index (χ3n) is 2.75. The maximum Gasteiger partial charge on any atom is 0.325 e. The van der Waals surface area contributed by atoms with Crippen LogP contribution in [-0.4, -0.2) is 22.0 Å². The number of anilines is 1. The topological polar surface area (TPSA) is 104 Å². The Labute approximate surface area is 120 Å². The molecule has 2 aromatic rings. The van der Waals surface area contributed by atoms with Crippen molar-refractivity contribution in [1.29, 1.82) is 0 Å². The van der Waals surface area contributed by atoms with Gasteiger partial charge < -0.3 is 15.0 Å². The number of aromatic amines is 2. The molecule has 1 amide bonds. The molecular weight excluding hydrogens is 274 g/mol. The number of benzene rings is 1. The summed E-state index contributed by atoms with van der Waals surface area (Å²) < 4.78 is 5.50. The SMILES string of the molecule is Cc1cccc(OC(C)C(=O)Nc2c[nH]c(=O)[nH]c2=O)c1. The third-order valence-corrected chi connectivity index (χ3v) is 2.75. The van der Waals surface area contributed by atoms with E-state index in [2.05, 4.69) is 10.3 Å². The van der Waals surface area contributed by atoms with Crippen molar-refractivity contribution in [2.75, 3.05) is 5.32 Å². The lowest BCUT2D eigenvalue weighted by molar-refractivity contribution is -0.122. The first kappa shape index (κ1) is 14.6. The normalized spacial score (nSPS) is 11.7. The van der Waals surface area contributed by atoms with Gasteiger partial charge in [-0.3, -0.25) is 14.6 Å². The van der Waals surface area contributed by atoms with Gasteiger partial charge >= 0.3 is 5.69 Å². The second-order valence-electron chi connectivity index (χ2n) is 4.55. The van der Waals surface area contributed by atoms with Crippen LogP contribution in [0.25, 0.3) is 0 Å². The van der Waals surface area contributed by atoms with Crippen LogP contribution in [0.1, 0.15) is 12.5 Å². The zero-order valence-corrected chi connectivity index (χ0v) is 11.6. The van der Waals surface area contributed by atoms with Crippen LogP contribution in [0.15, 0.2) is 40.1 Å². The molecule has 0 radical (unpaired) electrons. The minimum atomic E-state index is -0.793. The number of rotatable bonds is 4. The van der Waals surface area contributed by atoms with Crippen molar-refractivity contribution in [3.05, 3.63) is 56.9 Å². The minimum Gasteiger partial charge on any atom is -0.481 e. The highest BCUT2D eigenvalue weighted by atomic mass is 16.5. The van der Waals surface area contributed by atoms with E-state index in [9.17, 15) is 14.4 Å². The van der Waals surface area contributed by atoms with E-state index in [1.54, 1.807) is 19.1 Å². The van der Waals surface area contributed by atoms with Crippen LogP contribution in [0.4, 0.5) is 5.69 Å². The molecule has 110 valence electrons. The maximum atomic E-state index is 12.0. The molecule has 0 aliphatic rings. The average molecular weight is 289 g/mol. The van der Waals surface area contributed by atoms with Crippen molar-refractivity contribution < 1.29 is 9.53 Å². The van der Waals surface area contributed by atoms with Gasteiger partial charge in [-0.25, -0.2) is 4.79 Å². The van der Waals surface area contributed by atoms with Gasteiger partial charge in [0.2, 0.25) is 0 Å². The van der Waals surface area contributed by atoms with E-state index in [4.69, 9.17) is 4.74 Å². The molecule has 1 unspecified atom stereocenters. The van der Waals surface area contributed by atoms with Crippen LogP contribution in [0, 0.1) is 6.92 Å². The van der Waals surface area contributed by atoms with Crippen LogP contribution in [0.2, 0.25) is 0 Å². The number of aromatic nitrogens is 2. The maximum absolute atomic E-state index is 12.0. The Morgan fingerprint density at radius 1 is 1.33 bits per heavy atom. The van der Waals surface area contributed by atoms with E-state index in [0.717, 1.165) is 11.8 Å². The number of H-pyrrole nitrogens is 2. The van der Waals surface area contributed by atoms with Crippen molar-refractivity contribution in [2.24, 2.45) is 0 Å². The van der Waals surface area contributed by atoms with Gasteiger partial charge in [-0.05, 0) is 31.5 Å². The van der Waals surface area contributed by atoms with Crippen LogP contribution < -0.4 is 21.3 Å². The molecule has 1 aromatic heterocycles. The standard InChI is InChI=1S/C14H15N3O4/c1-8-4-3-5-10(6-8)21-9(2)12(18)16-11-7-15-14(20)17-13(11)19/h3-7,9H,1-2H3,(H,16,18)(H2,15,17,19,20). The fourth-order valence-electron chi connectivity index (χ4n) is 1.68. The number of carbonyl (C=O) groups excluding carboxylic acids is 1. The lowest BCUT2D eigenvalue weighted by atomic mass is 10.2. The van der Waals surface area contributed by atoms with E-state index in [0.29, 0.717) is 5.75 Å². The summed E-state index contributed by atoms with van der Waals surface area (Å²) in [7, 11) is 0. The Balaban J connectivity index is 2.06. The van der Waals surface area contributed by atoms with Gasteiger partial charge in [0.15, 0.2) is 6.10 Å². The highest BCUT2D eigenvalue weighted by molar-refractivity contribution is 5.93. The zero-order valence-electron chi connectivity index (χ0n) is 11.6. The predicted molar refractivity (Wildman–Crippen MR) is 77.6 cm³/mol. The van der Waals surface area contributed by atoms with Crippen molar-refractivity contribution in [3.63, 3.8) is 0 Å². The summed E-state index contributed by atoms with van der Waals surface area (Å²) in [6.07, 6.45) is 0.344. The molecule has 0 bridgehead atoms. The molecule has 7 heteroatoms. The number of ether oxygens (including phenoxy) is 1. The number of hydrogen-bond acceptors (Lipinski definition) is 4. The summed E-state index contributed by atoms with van der Waals surface area (Å²) in [5.74, 6) is 0.0714. The lowest BCUT2D eigenvalue weighted by Gasteiger charge is -2.14. The summed E-state index contributed by atoms with van der Waals surface area (Å²) >= 11 is 0. The predicted octanol–water partition coefficient (Wildman–Crippen LogP) is 0.778. The van der Waals surface area contributed by atoms with Crippen LogP contribution >= 0.6 is 0 Å². The summed E-state index contributed by atoms with van der Waals surface area (Å²) in [5.41, 5.74) is -0.339. The number of nitrogens with one attached hydrogen (secondary N) is 3. The summed E-state index contributed by atoms with van der Waals surface area (Å²) in [6.45, 7) is 3.48. The molecule has 0 saturated heterocycles. The molecule has 3 N–H and O–H groups in total. The molecule has 0 aliphatic heterocycles. The van der Waals surface area contributed by atoms with E-state index in [-0.39, 0.29) is 5.69 Å². The molecule has 1 heterocycles. The first-order valence-corrected chi connectivity index (χ1v) is 6.32. The van der Waals surface area contributed by atoms with Gasteiger partial charge in [-0.15, -0.1) is 0 Å².